The first kappa shape index (κ1) is 13.6. The Morgan fingerprint density at radius 2 is 1.63 bits per heavy atom. The smallest absolute Gasteiger partial charge is 0.122 e. The highest BCUT2D eigenvalue weighted by Gasteiger charge is 2.12. The average molecular weight is 255 g/mol. The van der Waals surface area contributed by atoms with E-state index in [0.29, 0.717) is 0 Å². The molecule has 0 aliphatic heterocycles. The summed E-state index contributed by atoms with van der Waals surface area (Å²) in [5.41, 5.74) is 10.1. The van der Waals surface area contributed by atoms with Crippen molar-refractivity contribution in [3.63, 3.8) is 0 Å². The van der Waals surface area contributed by atoms with E-state index in [2.05, 4.69) is 37.3 Å². The molecule has 0 radical (unpaired) electrons. The molecule has 0 aliphatic rings. The van der Waals surface area contributed by atoms with Crippen LogP contribution in [-0.4, -0.2) is 7.11 Å². The molecule has 2 heteroatoms. The normalized spacial score (nSPS) is 12.2. The minimum Gasteiger partial charge on any atom is -0.496 e. The Labute approximate surface area is 115 Å². The second-order valence-corrected chi connectivity index (χ2v) is 4.67. The quantitative estimate of drug-likeness (QED) is 0.887. The number of hydrogen-bond donors (Lipinski definition) is 1. The molecule has 19 heavy (non-hydrogen) atoms. The van der Waals surface area contributed by atoms with Crippen molar-refractivity contribution in [2.24, 2.45) is 5.73 Å². The first-order valence-electron chi connectivity index (χ1n) is 6.71. The van der Waals surface area contributed by atoms with Crippen LogP contribution in [0.2, 0.25) is 0 Å². The Morgan fingerprint density at radius 3 is 2.32 bits per heavy atom. The topological polar surface area (TPSA) is 35.2 Å². The molecular weight excluding hydrogens is 234 g/mol. The summed E-state index contributed by atoms with van der Waals surface area (Å²) in [4.78, 5) is 0. The Hall–Kier alpha value is -1.80. The zero-order valence-electron chi connectivity index (χ0n) is 11.6. The largest absolute Gasteiger partial charge is 0.496 e. The fraction of sp³-hybridized carbons (Fsp3) is 0.294. The number of hydrogen-bond acceptors (Lipinski definition) is 2. The third kappa shape index (κ3) is 3.15. The van der Waals surface area contributed by atoms with Gasteiger partial charge in [-0.3, -0.25) is 0 Å². The van der Waals surface area contributed by atoms with Crippen LogP contribution in [0.25, 0.3) is 0 Å². The molecule has 2 rings (SSSR count). The number of nitrogens with two attached hydrogens (primary N) is 1. The maximum atomic E-state index is 6.37. The number of rotatable bonds is 5. The minimum atomic E-state index is 0.00690. The van der Waals surface area contributed by atoms with Crippen molar-refractivity contribution >= 4 is 0 Å². The van der Waals surface area contributed by atoms with Gasteiger partial charge in [-0.05, 0) is 35.6 Å². The number of aryl methyl sites for hydroxylation is 1. The SMILES string of the molecule is CCc1ccccc1C(N)Cc1ccccc1OC. The third-order valence-corrected chi connectivity index (χ3v) is 3.47. The van der Waals surface area contributed by atoms with Crippen molar-refractivity contribution in [3.05, 3.63) is 65.2 Å². The molecule has 2 N–H and O–H groups in total. The molecular formula is C17H21NO. The van der Waals surface area contributed by atoms with Crippen LogP contribution >= 0.6 is 0 Å². The fourth-order valence-corrected chi connectivity index (χ4v) is 2.44. The summed E-state index contributed by atoms with van der Waals surface area (Å²) in [6, 6.07) is 16.5. The van der Waals surface area contributed by atoms with Gasteiger partial charge in [0.25, 0.3) is 0 Å². The standard InChI is InChI=1S/C17H21NO/c1-3-13-8-4-6-10-15(13)16(18)12-14-9-5-7-11-17(14)19-2/h4-11,16H,3,12,18H2,1-2H3. The molecule has 0 spiro atoms. The lowest BCUT2D eigenvalue weighted by molar-refractivity contribution is 0.408. The molecule has 1 unspecified atom stereocenters. The van der Waals surface area contributed by atoms with E-state index in [0.717, 1.165) is 24.2 Å². The van der Waals surface area contributed by atoms with Crippen molar-refractivity contribution in [1.82, 2.24) is 0 Å². The highest BCUT2D eigenvalue weighted by atomic mass is 16.5. The highest BCUT2D eigenvalue weighted by Crippen LogP contribution is 2.25. The number of para-hydroxylation sites is 1. The van der Waals surface area contributed by atoms with Crippen LogP contribution in [0, 0.1) is 0 Å². The third-order valence-electron chi connectivity index (χ3n) is 3.47. The molecule has 0 bridgehead atoms. The van der Waals surface area contributed by atoms with Gasteiger partial charge >= 0.3 is 0 Å². The van der Waals surface area contributed by atoms with E-state index >= 15 is 0 Å². The molecule has 1 atom stereocenters. The van der Waals surface area contributed by atoms with E-state index < -0.39 is 0 Å². The highest BCUT2D eigenvalue weighted by molar-refractivity contribution is 5.37. The van der Waals surface area contributed by atoms with Crippen molar-refractivity contribution in [2.45, 2.75) is 25.8 Å². The molecule has 0 amide bonds. The lowest BCUT2D eigenvalue weighted by Gasteiger charge is -2.17. The summed E-state index contributed by atoms with van der Waals surface area (Å²) < 4.78 is 5.38. The van der Waals surface area contributed by atoms with Gasteiger partial charge in [-0.15, -0.1) is 0 Å². The van der Waals surface area contributed by atoms with Gasteiger partial charge in [0.1, 0.15) is 5.75 Å². The van der Waals surface area contributed by atoms with E-state index in [1.54, 1.807) is 7.11 Å². The van der Waals surface area contributed by atoms with Crippen LogP contribution in [0.5, 0.6) is 5.75 Å². The predicted molar refractivity (Wildman–Crippen MR) is 79.4 cm³/mol. The van der Waals surface area contributed by atoms with E-state index in [-0.39, 0.29) is 6.04 Å². The Kier molecular flexibility index (Phi) is 4.58. The molecule has 0 saturated heterocycles. The van der Waals surface area contributed by atoms with Gasteiger partial charge in [0, 0.05) is 6.04 Å². The van der Waals surface area contributed by atoms with E-state index in [4.69, 9.17) is 10.5 Å². The summed E-state index contributed by atoms with van der Waals surface area (Å²) in [7, 11) is 1.70. The predicted octanol–water partition coefficient (Wildman–Crippen LogP) is 3.50. The lowest BCUT2D eigenvalue weighted by atomic mass is 9.94. The monoisotopic (exact) mass is 255 g/mol. The molecule has 0 fully saturated rings. The van der Waals surface area contributed by atoms with Gasteiger partial charge in [-0.25, -0.2) is 0 Å². The molecule has 0 aliphatic carbocycles. The first-order chi connectivity index (χ1) is 9.26. The van der Waals surface area contributed by atoms with Crippen LogP contribution in [-0.2, 0) is 12.8 Å². The van der Waals surface area contributed by atoms with Gasteiger partial charge in [0.05, 0.1) is 7.11 Å². The van der Waals surface area contributed by atoms with Gasteiger partial charge in [-0.1, -0.05) is 49.4 Å². The van der Waals surface area contributed by atoms with Gasteiger partial charge in [0.15, 0.2) is 0 Å². The van der Waals surface area contributed by atoms with Crippen molar-refractivity contribution in [1.29, 1.82) is 0 Å². The van der Waals surface area contributed by atoms with Crippen LogP contribution in [0.4, 0.5) is 0 Å². The van der Waals surface area contributed by atoms with Crippen LogP contribution in [0.3, 0.4) is 0 Å². The van der Waals surface area contributed by atoms with Gasteiger partial charge in [-0.2, -0.15) is 0 Å². The maximum Gasteiger partial charge on any atom is 0.122 e. The summed E-state index contributed by atoms with van der Waals surface area (Å²) in [6.45, 7) is 2.16. The van der Waals surface area contributed by atoms with E-state index in [1.807, 2.05) is 18.2 Å². The van der Waals surface area contributed by atoms with Crippen LogP contribution in [0.15, 0.2) is 48.5 Å². The molecule has 0 heterocycles. The molecule has 2 aromatic carbocycles. The molecule has 0 aromatic heterocycles. The Balaban J connectivity index is 2.23. The zero-order chi connectivity index (χ0) is 13.7. The summed E-state index contributed by atoms with van der Waals surface area (Å²) in [5, 5.41) is 0. The van der Waals surface area contributed by atoms with Crippen molar-refractivity contribution in [2.75, 3.05) is 7.11 Å². The summed E-state index contributed by atoms with van der Waals surface area (Å²) in [5.74, 6) is 0.909. The van der Waals surface area contributed by atoms with Crippen LogP contribution in [0.1, 0.15) is 29.7 Å². The number of benzene rings is 2. The summed E-state index contributed by atoms with van der Waals surface area (Å²) >= 11 is 0. The molecule has 100 valence electrons. The molecule has 0 saturated carbocycles. The average Bonchev–Trinajstić information content (AvgIpc) is 2.47. The second kappa shape index (κ2) is 6.39. The van der Waals surface area contributed by atoms with Crippen molar-refractivity contribution < 1.29 is 4.74 Å². The zero-order valence-corrected chi connectivity index (χ0v) is 11.6. The maximum absolute atomic E-state index is 6.37. The number of methoxy groups -OCH3 is 1. The molecule has 2 nitrogen and oxygen atoms in total. The Morgan fingerprint density at radius 1 is 1.00 bits per heavy atom. The number of ether oxygens (including phenoxy) is 1. The molecule has 2 aromatic rings. The van der Waals surface area contributed by atoms with E-state index in [1.165, 1.54) is 11.1 Å². The van der Waals surface area contributed by atoms with E-state index in [9.17, 15) is 0 Å². The minimum absolute atomic E-state index is 0.00690. The van der Waals surface area contributed by atoms with Crippen LogP contribution < -0.4 is 10.5 Å². The fourth-order valence-electron chi connectivity index (χ4n) is 2.44. The van der Waals surface area contributed by atoms with Crippen molar-refractivity contribution in [3.8, 4) is 5.75 Å². The summed E-state index contributed by atoms with van der Waals surface area (Å²) in [6.07, 6.45) is 1.80. The second-order valence-electron chi connectivity index (χ2n) is 4.67. The van der Waals surface area contributed by atoms with Gasteiger partial charge < -0.3 is 10.5 Å². The van der Waals surface area contributed by atoms with Gasteiger partial charge in [0.2, 0.25) is 0 Å². The first-order valence-corrected chi connectivity index (χ1v) is 6.71. The Bertz CT molecular complexity index is 536. The lowest BCUT2D eigenvalue weighted by Crippen LogP contribution is -2.15.